The van der Waals surface area contributed by atoms with Crippen LogP contribution >= 0.6 is 0 Å². The quantitative estimate of drug-likeness (QED) is 0.819. The third-order valence-corrected chi connectivity index (χ3v) is 5.56. The fraction of sp³-hybridized carbons (Fsp3) is 0.556. The highest BCUT2D eigenvalue weighted by atomic mass is 16.5. The minimum absolute atomic E-state index is 0.0209. The average Bonchev–Trinajstić information content (AvgIpc) is 3.27. The maximum Gasteiger partial charge on any atom is 0.316 e. The molecule has 2 fully saturated rings. The zero-order chi connectivity index (χ0) is 19.0. The summed E-state index contributed by atoms with van der Waals surface area (Å²) in [6, 6.07) is 2.77. The van der Waals surface area contributed by atoms with Crippen LogP contribution in [0.4, 0.5) is 6.01 Å². The lowest BCUT2D eigenvalue weighted by atomic mass is 9.93. The molecule has 2 aliphatic rings. The number of rotatable bonds is 5. The molecular formula is C18H23N5O4. The number of likely N-dealkylation sites (tertiary alicyclic amines) is 1. The SMILES string of the molecule is COc1ccc(-c2nnc(N[C@@H](C)C(=O)N3CCC4(CC3)CC4)o2)c(=O)[nH]1. The third kappa shape index (κ3) is 3.54. The molecule has 1 atom stereocenters. The Kier molecular flexibility index (Phi) is 4.37. The first-order valence-corrected chi connectivity index (χ1v) is 9.16. The smallest absolute Gasteiger partial charge is 0.316 e. The van der Waals surface area contributed by atoms with Crippen molar-refractivity contribution < 1.29 is 13.9 Å². The molecule has 1 aliphatic heterocycles. The topological polar surface area (TPSA) is 113 Å². The number of anilines is 1. The van der Waals surface area contributed by atoms with Gasteiger partial charge in [-0.15, -0.1) is 5.10 Å². The minimum Gasteiger partial charge on any atom is -0.482 e. The lowest BCUT2D eigenvalue weighted by Gasteiger charge is -2.33. The van der Waals surface area contributed by atoms with E-state index in [9.17, 15) is 9.59 Å². The summed E-state index contributed by atoms with van der Waals surface area (Å²) in [5.74, 6) is 0.442. The number of H-pyrrole nitrogens is 1. The van der Waals surface area contributed by atoms with Crippen molar-refractivity contribution in [3.8, 4) is 17.3 Å². The largest absolute Gasteiger partial charge is 0.482 e. The monoisotopic (exact) mass is 373 g/mol. The maximum absolute atomic E-state index is 12.6. The standard InChI is InChI=1S/C18H23N5O4/c1-11(16(25)23-9-7-18(5-6-18)8-10-23)19-17-22-21-15(27-17)12-3-4-13(26-2)20-14(12)24/h3-4,11H,5-10H2,1-2H3,(H,19,22)(H,20,24)/t11-/m0/s1. The molecule has 0 aromatic carbocycles. The molecule has 1 saturated heterocycles. The summed E-state index contributed by atoms with van der Waals surface area (Å²) in [6.45, 7) is 3.39. The van der Waals surface area contributed by atoms with E-state index in [0.717, 1.165) is 25.9 Å². The van der Waals surface area contributed by atoms with Crippen molar-refractivity contribution in [3.05, 3.63) is 22.5 Å². The zero-order valence-electron chi connectivity index (χ0n) is 15.4. The van der Waals surface area contributed by atoms with E-state index in [1.54, 1.807) is 19.1 Å². The number of methoxy groups -OCH3 is 1. The van der Waals surface area contributed by atoms with Crippen LogP contribution in [0.25, 0.3) is 11.5 Å². The molecular weight excluding hydrogens is 350 g/mol. The Bertz CT molecular complexity index is 891. The summed E-state index contributed by atoms with van der Waals surface area (Å²) in [5.41, 5.74) is 0.373. The van der Waals surface area contributed by atoms with Crippen LogP contribution in [0.3, 0.4) is 0 Å². The van der Waals surface area contributed by atoms with Gasteiger partial charge in [0.2, 0.25) is 5.91 Å². The van der Waals surface area contributed by atoms with Gasteiger partial charge in [0.05, 0.1) is 7.11 Å². The average molecular weight is 373 g/mol. The summed E-state index contributed by atoms with van der Waals surface area (Å²) in [4.78, 5) is 29.2. The molecule has 1 spiro atoms. The van der Waals surface area contributed by atoms with E-state index in [1.807, 2.05) is 4.90 Å². The molecule has 0 radical (unpaired) electrons. The Hall–Kier alpha value is -2.84. The number of nitrogens with one attached hydrogen (secondary N) is 2. The number of carbonyl (C=O) groups is 1. The van der Waals surface area contributed by atoms with Crippen LogP contribution in [0.15, 0.2) is 21.3 Å². The van der Waals surface area contributed by atoms with E-state index in [1.165, 1.54) is 20.0 Å². The predicted octanol–water partition coefficient (Wildman–Crippen LogP) is 1.64. The molecule has 3 heterocycles. The number of hydrogen-bond acceptors (Lipinski definition) is 7. The highest BCUT2D eigenvalue weighted by Gasteiger charge is 2.45. The Labute approximate surface area is 156 Å². The fourth-order valence-electron chi connectivity index (χ4n) is 3.53. The van der Waals surface area contributed by atoms with Gasteiger partial charge in [0, 0.05) is 13.1 Å². The van der Waals surface area contributed by atoms with Gasteiger partial charge in [-0.2, -0.15) is 0 Å². The van der Waals surface area contributed by atoms with E-state index in [0.29, 0.717) is 11.3 Å². The Morgan fingerprint density at radius 2 is 2.04 bits per heavy atom. The summed E-state index contributed by atoms with van der Waals surface area (Å²) >= 11 is 0. The number of hydrogen-bond donors (Lipinski definition) is 2. The van der Waals surface area contributed by atoms with Crippen molar-refractivity contribution >= 4 is 11.9 Å². The van der Waals surface area contributed by atoms with E-state index < -0.39 is 11.6 Å². The minimum atomic E-state index is -0.485. The number of piperidine rings is 1. The molecule has 144 valence electrons. The molecule has 2 N–H and O–H groups in total. The molecule has 1 aliphatic carbocycles. The maximum atomic E-state index is 12.6. The molecule has 9 heteroatoms. The van der Waals surface area contributed by atoms with E-state index in [-0.39, 0.29) is 23.4 Å². The van der Waals surface area contributed by atoms with E-state index in [2.05, 4.69) is 20.5 Å². The van der Waals surface area contributed by atoms with Crippen LogP contribution in [0.1, 0.15) is 32.6 Å². The molecule has 2 aromatic rings. The van der Waals surface area contributed by atoms with Gasteiger partial charge in [0.25, 0.3) is 11.4 Å². The van der Waals surface area contributed by atoms with E-state index in [4.69, 9.17) is 9.15 Å². The van der Waals surface area contributed by atoms with Gasteiger partial charge in [0.15, 0.2) is 5.88 Å². The normalized spacial score (nSPS) is 19.0. The first kappa shape index (κ1) is 17.6. The van der Waals surface area contributed by atoms with Crippen LogP contribution < -0.4 is 15.6 Å². The van der Waals surface area contributed by atoms with Gasteiger partial charge in [-0.1, -0.05) is 5.10 Å². The van der Waals surface area contributed by atoms with Crippen molar-refractivity contribution in [3.63, 3.8) is 0 Å². The Morgan fingerprint density at radius 3 is 2.67 bits per heavy atom. The second kappa shape index (κ2) is 6.71. The first-order valence-electron chi connectivity index (χ1n) is 9.16. The van der Waals surface area contributed by atoms with Crippen molar-refractivity contribution in [1.82, 2.24) is 20.1 Å². The number of amides is 1. The highest BCUT2D eigenvalue weighted by Crippen LogP contribution is 2.53. The molecule has 0 bridgehead atoms. The number of aromatic nitrogens is 3. The zero-order valence-corrected chi connectivity index (χ0v) is 15.4. The van der Waals surface area contributed by atoms with Gasteiger partial charge < -0.3 is 19.4 Å². The fourth-order valence-corrected chi connectivity index (χ4v) is 3.53. The van der Waals surface area contributed by atoms with Crippen LogP contribution in [0.2, 0.25) is 0 Å². The van der Waals surface area contributed by atoms with Gasteiger partial charge in [-0.3, -0.25) is 14.6 Å². The molecule has 1 saturated carbocycles. The number of nitrogens with zero attached hydrogens (tertiary/aromatic N) is 3. The third-order valence-electron chi connectivity index (χ3n) is 5.56. The van der Waals surface area contributed by atoms with Crippen LogP contribution in [-0.2, 0) is 4.79 Å². The Balaban J connectivity index is 1.40. The lowest BCUT2D eigenvalue weighted by Crippen LogP contribution is -2.45. The second-order valence-corrected chi connectivity index (χ2v) is 7.37. The van der Waals surface area contributed by atoms with E-state index >= 15 is 0 Å². The van der Waals surface area contributed by atoms with Crippen LogP contribution in [0.5, 0.6) is 5.88 Å². The number of ether oxygens (including phenoxy) is 1. The summed E-state index contributed by atoms with van der Waals surface area (Å²) < 4.78 is 10.5. The van der Waals surface area contributed by atoms with Gasteiger partial charge >= 0.3 is 6.01 Å². The highest BCUT2D eigenvalue weighted by molar-refractivity contribution is 5.83. The number of pyridine rings is 1. The van der Waals surface area contributed by atoms with Gasteiger partial charge in [0.1, 0.15) is 11.6 Å². The molecule has 1 amide bonds. The van der Waals surface area contributed by atoms with Crippen molar-refractivity contribution in [1.29, 1.82) is 0 Å². The lowest BCUT2D eigenvalue weighted by molar-refractivity contribution is -0.133. The number of aromatic amines is 1. The molecule has 9 nitrogen and oxygen atoms in total. The van der Waals surface area contributed by atoms with Gasteiger partial charge in [-0.25, -0.2) is 0 Å². The summed E-state index contributed by atoms with van der Waals surface area (Å²) in [7, 11) is 1.46. The molecule has 4 rings (SSSR count). The summed E-state index contributed by atoms with van der Waals surface area (Å²) in [5, 5.41) is 10.7. The van der Waals surface area contributed by atoms with Crippen molar-refractivity contribution in [2.45, 2.75) is 38.6 Å². The predicted molar refractivity (Wildman–Crippen MR) is 97.5 cm³/mol. The van der Waals surface area contributed by atoms with Crippen molar-refractivity contribution in [2.75, 3.05) is 25.5 Å². The second-order valence-electron chi connectivity index (χ2n) is 7.37. The molecule has 0 unspecified atom stereocenters. The van der Waals surface area contributed by atoms with Gasteiger partial charge in [-0.05, 0) is 50.2 Å². The summed E-state index contributed by atoms with van der Waals surface area (Å²) in [6.07, 6.45) is 4.79. The van der Waals surface area contributed by atoms with Crippen LogP contribution in [-0.4, -0.2) is 52.2 Å². The van der Waals surface area contributed by atoms with Crippen LogP contribution in [0, 0.1) is 5.41 Å². The van der Waals surface area contributed by atoms with Crippen molar-refractivity contribution in [2.24, 2.45) is 5.41 Å². The Morgan fingerprint density at radius 1 is 1.30 bits per heavy atom. The molecule has 27 heavy (non-hydrogen) atoms. The molecule has 2 aromatic heterocycles. The first-order chi connectivity index (χ1) is 13.0. The number of carbonyl (C=O) groups excluding carboxylic acids is 1.